The van der Waals surface area contributed by atoms with Crippen molar-refractivity contribution in [3.63, 3.8) is 0 Å². The van der Waals surface area contributed by atoms with E-state index >= 15 is 0 Å². The molecular formula is C98H180N2O20. The van der Waals surface area contributed by atoms with Crippen LogP contribution in [0, 0.1) is 23.7 Å². The van der Waals surface area contributed by atoms with Crippen LogP contribution in [0.4, 0.5) is 0 Å². The van der Waals surface area contributed by atoms with Gasteiger partial charge in [0.05, 0.1) is 63.2 Å². The van der Waals surface area contributed by atoms with Crippen molar-refractivity contribution in [2.24, 2.45) is 23.7 Å². The zero-order valence-corrected chi connectivity index (χ0v) is 78.4. The van der Waals surface area contributed by atoms with E-state index in [1.807, 2.05) is 0 Å². The molecule has 0 N–H and O–H groups in total. The van der Waals surface area contributed by atoms with Gasteiger partial charge < -0.3 is 47.4 Å². The first-order valence-corrected chi connectivity index (χ1v) is 49.4. The Morgan fingerprint density at radius 2 is 0.392 bits per heavy atom. The third-order valence-electron chi connectivity index (χ3n) is 22.6. The highest BCUT2D eigenvalue weighted by Crippen LogP contribution is 2.26. The van der Waals surface area contributed by atoms with Crippen molar-refractivity contribution in [1.29, 1.82) is 0 Å². The van der Waals surface area contributed by atoms with E-state index in [0.717, 1.165) is 205 Å². The van der Waals surface area contributed by atoms with Crippen LogP contribution < -0.4 is 0 Å². The molecule has 0 aromatic rings. The average molecular weight is 1710 g/mol. The van der Waals surface area contributed by atoms with Crippen LogP contribution in [0.3, 0.4) is 0 Å². The Kier molecular flexibility index (Phi) is 80.7. The smallest absolute Gasteiger partial charge is 0.320 e. The molecule has 6 atom stereocenters. The normalized spacial score (nSPS) is 12.9. The summed E-state index contributed by atoms with van der Waals surface area (Å²) in [5.41, 5.74) is 0. The molecule has 22 nitrogen and oxygen atoms in total. The molecule has 0 aliphatic rings. The van der Waals surface area contributed by atoms with Gasteiger partial charge in [0.15, 0.2) is 12.2 Å². The van der Waals surface area contributed by atoms with Crippen LogP contribution in [0.1, 0.15) is 441 Å². The summed E-state index contributed by atoms with van der Waals surface area (Å²) >= 11 is 0. The number of ether oxygens (including phenoxy) is 10. The summed E-state index contributed by atoms with van der Waals surface area (Å²) < 4.78 is 57.1. The highest BCUT2D eigenvalue weighted by Gasteiger charge is 2.27. The molecule has 0 heterocycles. The van der Waals surface area contributed by atoms with Crippen molar-refractivity contribution in [3.05, 3.63) is 0 Å². The van der Waals surface area contributed by atoms with Gasteiger partial charge in [0.2, 0.25) is 0 Å². The largest absolute Gasteiger partial charge is 0.465 e. The first-order chi connectivity index (χ1) is 58.3. The molecule has 0 saturated heterocycles. The molecule has 0 bridgehead atoms. The number of unbranched alkanes of at least 4 members (excludes halogenated alkanes) is 36. The molecule has 702 valence electrons. The van der Waals surface area contributed by atoms with Crippen LogP contribution in [-0.2, 0) is 95.3 Å². The molecular weight excluding hydrogens is 1530 g/mol. The zero-order valence-electron chi connectivity index (χ0n) is 78.4. The number of carbonyl (C=O) groups is 10. The summed E-state index contributed by atoms with van der Waals surface area (Å²) in [5.74, 6) is -4.82. The molecule has 0 radical (unpaired) electrons. The lowest BCUT2D eigenvalue weighted by molar-refractivity contribution is -0.167. The van der Waals surface area contributed by atoms with E-state index in [-0.39, 0.29) is 126 Å². The van der Waals surface area contributed by atoms with Gasteiger partial charge in [-0.3, -0.25) is 57.7 Å². The van der Waals surface area contributed by atoms with E-state index in [4.69, 9.17) is 47.4 Å². The molecule has 6 unspecified atom stereocenters. The Bertz CT molecular complexity index is 2330. The number of likely N-dealkylation sites (N-methyl/N-ethyl adjacent to an activating group) is 2. The van der Waals surface area contributed by atoms with Crippen LogP contribution in [0.2, 0.25) is 0 Å². The molecule has 0 saturated carbocycles. The van der Waals surface area contributed by atoms with Gasteiger partial charge in [-0.15, -0.1) is 0 Å². The van der Waals surface area contributed by atoms with Crippen molar-refractivity contribution in [1.82, 2.24) is 9.80 Å². The Labute approximate surface area is 730 Å². The lowest BCUT2D eigenvalue weighted by Crippen LogP contribution is -2.38. The molecule has 0 fully saturated rings. The van der Waals surface area contributed by atoms with Gasteiger partial charge in [-0.05, 0) is 117 Å². The van der Waals surface area contributed by atoms with Crippen molar-refractivity contribution in [3.8, 4) is 0 Å². The summed E-state index contributed by atoms with van der Waals surface area (Å²) in [5, 5.41) is 0. The third-order valence-corrected chi connectivity index (χ3v) is 22.6. The minimum absolute atomic E-state index is 0.0116. The molecule has 0 spiro atoms. The van der Waals surface area contributed by atoms with Crippen molar-refractivity contribution < 1.29 is 95.3 Å². The van der Waals surface area contributed by atoms with E-state index in [2.05, 4.69) is 55.4 Å². The maximum atomic E-state index is 13.4. The fraction of sp³-hybridized carbons (Fsp3) is 0.898. The van der Waals surface area contributed by atoms with E-state index in [1.165, 1.54) is 103 Å². The second kappa shape index (κ2) is 84.5. The highest BCUT2D eigenvalue weighted by atomic mass is 16.6. The predicted molar refractivity (Wildman–Crippen MR) is 479 cm³/mol. The van der Waals surface area contributed by atoms with E-state index < -0.39 is 61.2 Å². The standard InChI is InChI=1S/C98H180N2O20/c1-11-19-27-35-39-47-63-83(59-43-31-23-15-5)95(107)111-73-55-51-67-89(101)115-79-87(119-91(103)69-53-57-75-113-97(109)85(61-45-33-25-17-7)65-49-41-37-29-21-13-3)81-117-93(105)77-99(9)71-72-100(10)78-94(106)118-82-88(120-92(104)70-54-58-76-114-98(110)86(62-46-34-26-18-8)66-50-42-38-30-22-14-4)80-116-90(102)68-52-56-74-112-96(108)84(60-44-32-24-16-6)64-48-40-36-28-20-12-2/h83-88H,11-82H2,1-10H3. The maximum Gasteiger partial charge on any atom is 0.320 e. The minimum atomic E-state index is -1.12. The average Bonchev–Trinajstić information content (AvgIpc) is 0.952. The lowest BCUT2D eigenvalue weighted by atomic mass is 9.94. The molecule has 0 rings (SSSR count). The second-order valence-corrected chi connectivity index (χ2v) is 34.3. The monoisotopic (exact) mass is 1710 g/mol. The molecule has 0 aliphatic carbocycles. The quantitative estimate of drug-likeness (QED) is 0.0311. The van der Waals surface area contributed by atoms with Crippen LogP contribution in [-0.4, -0.2) is 175 Å². The highest BCUT2D eigenvalue weighted by molar-refractivity contribution is 5.75. The maximum absolute atomic E-state index is 13.4. The number of carbonyl (C=O) groups excluding carboxylic acids is 10. The summed E-state index contributed by atoms with van der Waals surface area (Å²) in [6.07, 6.45) is 52.5. The number of hydrogen-bond donors (Lipinski definition) is 0. The van der Waals surface area contributed by atoms with E-state index in [9.17, 15) is 47.9 Å². The Hall–Kier alpha value is -5.38. The Morgan fingerprint density at radius 1 is 0.208 bits per heavy atom. The molecule has 22 heteroatoms. The first kappa shape index (κ1) is 115. The Morgan fingerprint density at radius 3 is 0.608 bits per heavy atom. The summed E-state index contributed by atoms with van der Waals surface area (Å²) in [6, 6.07) is 0. The third kappa shape index (κ3) is 72.0. The lowest BCUT2D eigenvalue weighted by Gasteiger charge is -2.22. The van der Waals surface area contributed by atoms with Gasteiger partial charge in [-0.1, -0.05) is 312 Å². The number of hydrogen-bond acceptors (Lipinski definition) is 22. The molecule has 0 aromatic carbocycles. The van der Waals surface area contributed by atoms with Crippen molar-refractivity contribution in [2.45, 2.75) is 453 Å². The Balaban J connectivity index is 5.99. The number of rotatable bonds is 89. The van der Waals surface area contributed by atoms with Gasteiger partial charge in [0, 0.05) is 38.8 Å². The van der Waals surface area contributed by atoms with Gasteiger partial charge in [0.1, 0.15) is 26.4 Å². The van der Waals surface area contributed by atoms with Crippen LogP contribution in [0.15, 0.2) is 0 Å². The molecule has 0 aromatic heterocycles. The first-order valence-electron chi connectivity index (χ1n) is 49.4. The summed E-state index contributed by atoms with van der Waals surface area (Å²) in [6.45, 7) is 16.9. The predicted octanol–water partition coefficient (Wildman–Crippen LogP) is 23.0. The number of nitrogens with zero attached hydrogens (tertiary/aromatic N) is 2. The van der Waals surface area contributed by atoms with Gasteiger partial charge in [-0.25, -0.2) is 0 Å². The van der Waals surface area contributed by atoms with Crippen molar-refractivity contribution in [2.75, 3.05) is 93.1 Å². The summed E-state index contributed by atoms with van der Waals surface area (Å²) in [7, 11) is 3.40. The van der Waals surface area contributed by atoms with E-state index in [0.29, 0.717) is 64.5 Å². The summed E-state index contributed by atoms with van der Waals surface area (Å²) in [4.78, 5) is 137. The van der Waals surface area contributed by atoms with Gasteiger partial charge in [-0.2, -0.15) is 0 Å². The van der Waals surface area contributed by atoms with Crippen LogP contribution in [0.5, 0.6) is 0 Å². The fourth-order valence-electron chi connectivity index (χ4n) is 14.8. The molecule has 0 aliphatic heterocycles. The van der Waals surface area contributed by atoms with Gasteiger partial charge in [0.25, 0.3) is 0 Å². The zero-order chi connectivity index (χ0) is 88.4. The second-order valence-electron chi connectivity index (χ2n) is 34.3. The SMILES string of the molecule is CCCCCCCCC(CCCCCC)C(=O)OCCCCC(=O)OCC(COC(=O)CN(C)CCN(C)CC(=O)OCC(COC(=O)CCCCOC(=O)C(CCCCCC)CCCCCCCC)OC(=O)CCCCOC(=O)C(CCCCCC)CCCCCCCC)OC(=O)CCCCOC(=O)C(CCCCCC)CCCCCCCC. The fourth-order valence-corrected chi connectivity index (χ4v) is 14.8. The topological polar surface area (TPSA) is 269 Å². The van der Waals surface area contributed by atoms with Gasteiger partial charge >= 0.3 is 59.7 Å². The van der Waals surface area contributed by atoms with E-state index in [1.54, 1.807) is 23.9 Å². The van der Waals surface area contributed by atoms with Crippen LogP contribution >= 0.6 is 0 Å². The van der Waals surface area contributed by atoms with Crippen LogP contribution in [0.25, 0.3) is 0 Å². The minimum Gasteiger partial charge on any atom is -0.465 e. The molecule has 0 amide bonds. The molecule has 120 heavy (non-hydrogen) atoms. The van der Waals surface area contributed by atoms with Crippen molar-refractivity contribution >= 4 is 59.7 Å². The number of esters is 10.